The van der Waals surface area contributed by atoms with E-state index in [4.69, 9.17) is 14.2 Å². The SMILES string of the molecule is CC(=O)OC[C@H]1O[C@@H](O[C@H]2CC[C@@]3(C)C(=CC[C@H]4[C@@H]5CC[C@H]([C@H](C)CCCC(C)C)[C@@]5(C)CC[C@@H]43)C2)[C@H](O)[C@@H](O)[C@@H]1O. The van der Waals surface area contributed by atoms with Crippen molar-refractivity contribution in [3.05, 3.63) is 11.6 Å². The molecule has 3 saturated carbocycles. The second-order valence-corrected chi connectivity index (χ2v) is 15.6. The molecule has 3 N–H and O–H groups in total. The maximum absolute atomic E-state index is 11.3. The number of fused-ring (bicyclic) bond motifs is 5. The number of carbonyl (C=O) groups is 1. The van der Waals surface area contributed by atoms with Crippen molar-refractivity contribution in [2.75, 3.05) is 6.61 Å². The van der Waals surface area contributed by atoms with Crippen molar-refractivity contribution in [3.8, 4) is 0 Å². The molecule has 1 saturated heterocycles. The number of ether oxygens (including phenoxy) is 3. The average Bonchev–Trinajstić information content (AvgIpc) is 3.29. The maximum atomic E-state index is 11.3. The molecule has 4 fully saturated rings. The molecule has 42 heavy (non-hydrogen) atoms. The lowest BCUT2D eigenvalue weighted by molar-refractivity contribution is -0.313. The van der Waals surface area contributed by atoms with Gasteiger partial charge in [0.2, 0.25) is 0 Å². The minimum absolute atomic E-state index is 0.131. The van der Waals surface area contributed by atoms with E-state index in [9.17, 15) is 20.1 Å². The van der Waals surface area contributed by atoms with Crippen molar-refractivity contribution >= 4 is 5.97 Å². The second kappa shape index (κ2) is 12.8. The summed E-state index contributed by atoms with van der Waals surface area (Å²) in [5.74, 6) is 4.29. The summed E-state index contributed by atoms with van der Waals surface area (Å²) in [4.78, 5) is 11.3. The van der Waals surface area contributed by atoms with Crippen molar-refractivity contribution in [1.82, 2.24) is 0 Å². The molecular weight excluding hydrogens is 532 g/mol. The smallest absolute Gasteiger partial charge is 0.302 e. The van der Waals surface area contributed by atoms with Crippen LogP contribution in [0.2, 0.25) is 0 Å². The highest BCUT2D eigenvalue weighted by Crippen LogP contribution is 2.67. The lowest BCUT2D eigenvalue weighted by Crippen LogP contribution is -2.60. The molecule has 7 nitrogen and oxygen atoms in total. The molecule has 5 rings (SSSR count). The van der Waals surface area contributed by atoms with Gasteiger partial charge in [-0.2, -0.15) is 0 Å². The zero-order valence-electron chi connectivity index (χ0n) is 27.0. The molecule has 0 aromatic rings. The fourth-order valence-corrected chi connectivity index (χ4v) is 10.3. The van der Waals surface area contributed by atoms with Crippen molar-refractivity contribution < 1.29 is 34.3 Å². The summed E-state index contributed by atoms with van der Waals surface area (Å²) in [5, 5.41) is 31.4. The summed E-state index contributed by atoms with van der Waals surface area (Å²) < 4.78 is 17.1. The standard InChI is InChI=1S/C35H58O7/c1-20(2)8-7-9-21(3)26-12-13-27-25-11-10-23-18-24(14-16-34(23,5)28(25)15-17-35(26,27)6)41-33-32(39)31(38)30(37)29(42-33)19-40-22(4)36/h10,20-21,24-33,37-39H,7-9,11-19H2,1-6H3/t21-,24+,25+,26-,27+,28+,29-,30-,31+,32-,33-,34+,35-/m1/s1. The fraction of sp³-hybridized carbons (Fsp3) is 0.914. The molecule has 0 unspecified atom stereocenters. The van der Waals surface area contributed by atoms with E-state index in [0.29, 0.717) is 11.3 Å². The van der Waals surface area contributed by atoms with E-state index < -0.39 is 36.7 Å². The molecule has 4 aliphatic carbocycles. The van der Waals surface area contributed by atoms with Crippen LogP contribution >= 0.6 is 0 Å². The molecule has 0 spiro atoms. The van der Waals surface area contributed by atoms with Crippen LogP contribution in [0, 0.1) is 46.3 Å². The minimum Gasteiger partial charge on any atom is -0.463 e. The molecule has 240 valence electrons. The van der Waals surface area contributed by atoms with E-state index in [1.807, 2.05) is 0 Å². The molecule has 0 radical (unpaired) electrons. The zero-order valence-corrected chi connectivity index (χ0v) is 27.0. The summed E-state index contributed by atoms with van der Waals surface area (Å²) >= 11 is 0. The van der Waals surface area contributed by atoms with E-state index in [0.717, 1.165) is 55.3 Å². The number of allylic oxidation sites excluding steroid dienone is 1. The van der Waals surface area contributed by atoms with E-state index >= 15 is 0 Å². The van der Waals surface area contributed by atoms with Gasteiger partial charge >= 0.3 is 5.97 Å². The second-order valence-electron chi connectivity index (χ2n) is 15.6. The summed E-state index contributed by atoms with van der Waals surface area (Å²) in [6.07, 6.45) is 9.64. The minimum atomic E-state index is -1.43. The van der Waals surface area contributed by atoms with Crippen LogP contribution in [0.1, 0.15) is 112 Å². The topological polar surface area (TPSA) is 105 Å². The van der Waals surface area contributed by atoms with Gasteiger partial charge in [0, 0.05) is 6.92 Å². The van der Waals surface area contributed by atoms with Crippen molar-refractivity contribution in [2.24, 2.45) is 46.3 Å². The highest BCUT2D eigenvalue weighted by atomic mass is 16.7. The number of esters is 1. The van der Waals surface area contributed by atoms with Crippen LogP contribution in [0.4, 0.5) is 0 Å². The Bertz CT molecular complexity index is 980. The molecule has 0 aromatic carbocycles. The first-order valence-corrected chi connectivity index (χ1v) is 17.0. The van der Waals surface area contributed by atoms with Crippen LogP contribution in [0.5, 0.6) is 0 Å². The Hall–Kier alpha value is -0.990. The summed E-state index contributed by atoms with van der Waals surface area (Å²) in [6.45, 7) is 13.4. The highest BCUT2D eigenvalue weighted by Gasteiger charge is 2.59. The number of carbonyl (C=O) groups excluding carboxylic acids is 1. The van der Waals surface area contributed by atoms with Crippen LogP contribution < -0.4 is 0 Å². The van der Waals surface area contributed by atoms with Crippen molar-refractivity contribution in [2.45, 2.75) is 149 Å². The Balaban J connectivity index is 1.23. The van der Waals surface area contributed by atoms with Gasteiger partial charge in [-0.15, -0.1) is 0 Å². The van der Waals surface area contributed by atoms with Gasteiger partial charge in [0.15, 0.2) is 6.29 Å². The number of aliphatic hydroxyl groups excluding tert-OH is 3. The third-order valence-electron chi connectivity index (χ3n) is 12.7. The quantitative estimate of drug-likeness (QED) is 0.231. The summed E-state index contributed by atoms with van der Waals surface area (Å²) in [5.41, 5.74) is 2.15. The van der Waals surface area contributed by atoms with Gasteiger partial charge in [-0.25, -0.2) is 0 Å². The number of hydrogen-bond acceptors (Lipinski definition) is 7. The largest absolute Gasteiger partial charge is 0.463 e. The Labute approximate surface area is 253 Å². The van der Waals surface area contributed by atoms with E-state index in [-0.39, 0.29) is 18.1 Å². The Kier molecular flexibility index (Phi) is 9.86. The Morgan fingerprint density at radius 2 is 1.76 bits per heavy atom. The lowest BCUT2D eigenvalue weighted by Gasteiger charge is -2.58. The normalized spacial score (nSPS) is 45.9. The van der Waals surface area contributed by atoms with Gasteiger partial charge in [0.1, 0.15) is 31.0 Å². The molecule has 1 heterocycles. The van der Waals surface area contributed by atoms with Crippen molar-refractivity contribution in [3.63, 3.8) is 0 Å². The summed E-state index contributed by atoms with van der Waals surface area (Å²) in [7, 11) is 0. The molecule has 0 amide bonds. The average molecular weight is 591 g/mol. The number of rotatable bonds is 9. The molecular formula is C35H58O7. The van der Waals surface area contributed by atoms with Crippen LogP contribution in [0.15, 0.2) is 11.6 Å². The van der Waals surface area contributed by atoms with Gasteiger partial charge in [-0.05, 0) is 97.7 Å². The molecule has 13 atom stereocenters. The van der Waals surface area contributed by atoms with Crippen LogP contribution in [-0.2, 0) is 19.0 Å². The summed E-state index contributed by atoms with van der Waals surface area (Å²) in [6, 6.07) is 0. The van der Waals surface area contributed by atoms with Gasteiger partial charge < -0.3 is 29.5 Å². The third kappa shape index (κ3) is 6.11. The van der Waals surface area contributed by atoms with Crippen molar-refractivity contribution in [1.29, 1.82) is 0 Å². The maximum Gasteiger partial charge on any atom is 0.302 e. The zero-order chi connectivity index (χ0) is 30.4. The number of aliphatic hydroxyl groups is 3. The fourth-order valence-electron chi connectivity index (χ4n) is 10.3. The van der Waals surface area contributed by atoms with E-state index in [1.165, 1.54) is 57.4 Å². The van der Waals surface area contributed by atoms with Crippen LogP contribution in [-0.4, -0.2) is 64.7 Å². The number of hydrogen-bond donors (Lipinski definition) is 3. The first kappa shape index (κ1) is 32.4. The van der Waals surface area contributed by atoms with Gasteiger partial charge in [0.25, 0.3) is 0 Å². The van der Waals surface area contributed by atoms with E-state index in [2.05, 4.69) is 40.7 Å². The molecule has 0 bridgehead atoms. The molecule has 5 aliphatic rings. The monoisotopic (exact) mass is 590 g/mol. The van der Waals surface area contributed by atoms with Gasteiger partial charge in [-0.3, -0.25) is 4.79 Å². The molecule has 1 aliphatic heterocycles. The molecule has 0 aromatic heterocycles. The van der Waals surface area contributed by atoms with Gasteiger partial charge in [0.05, 0.1) is 6.10 Å². The lowest BCUT2D eigenvalue weighted by atomic mass is 9.47. The van der Waals surface area contributed by atoms with Crippen LogP contribution in [0.3, 0.4) is 0 Å². The van der Waals surface area contributed by atoms with Crippen LogP contribution in [0.25, 0.3) is 0 Å². The first-order chi connectivity index (χ1) is 19.8. The molecule has 7 heteroatoms. The first-order valence-electron chi connectivity index (χ1n) is 17.0. The predicted octanol–water partition coefficient (Wildman–Crippen LogP) is 5.78. The highest BCUT2D eigenvalue weighted by molar-refractivity contribution is 5.65. The van der Waals surface area contributed by atoms with Gasteiger partial charge in [-0.1, -0.05) is 65.5 Å². The van der Waals surface area contributed by atoms with E-state index in [1.54, 1.807) is 0 Å². The Morgan fingerprint density at radius 1 is 1.00 bits per heavy atom. The predicted molar refractivity (Wildman–Crippen MR) is 161 cm³/mol. The Morgan fingerprint density at radius 3 is 2.48 bits per heavy atom. The third-order valence-corrected chi connectivity index (χ3v) is 12.7.